The summed E-state index contributed by atoms with van der Waals surface area (Å²) in [6.45, 7) is 1.59. The number of piperidine rings is 1. The smallest absolute Gasteiger partial charge is 0.275 e. The van der Waals surface area contributed by atoms with Crippen molar-refractivity contribution in [3.8, 4) is 0 Å². The van der Waals surface area contributed by atoms with E-state index in [-0.39, 0.29) is 11.8 Å². The third-order valence-electron chi connectivity index (χ3n) is 6.56. The molecule has 2 aliphatic rings. The van der Waals surface area contributed by atoms with Crippen LogP contribution in [0, 0.1) is 5.92 Å². The Morgan fingerprint density at radius 3 is 2.71 bits per heavy atom. The Morgan fingerprint density at radius 2 is 1.90 bits per heavy atom. The van der Waals surface area contributed by atoms with Gasteiger partial charge < -0.3 is 10.2 Å². The molecule has 0 atom stereocenters. The number of rotatable bonds is 4. The molecule has 1 aliphatic heterocycles. The maximum absolute atomic E-state index is 12.8. The lowest BCUT2D eigenvalue weighted by Gasteiger charge is -2.34. The zero-order valence-electron chi connectivity index (χ0n) is 17.5. The molecule has 3 aromatic rings. The van der Waals surface area contributed by atoms with E-state index in [9.17, 15) is 9.59 Å². The number of likely N-dealkylation sites (tertiary alicyclic amines) is 1. The van der Waals surface area contributed by atoms with Crippen LogP contribution in [0.5, 0.6) is 0 Å². The summed E-state index contributed by atoms with van der Waals surface area (Å²) < 4.78 is 0. The molecule has 2 fully saturated rings. The van der Waals surface area contributed by atoms with Crippen LogP contribution < -0.4 is 5.32 Å². The highest BCUT2D eigenvalue weighted by Crippen LogP contribution is 2.33. The standard InChI is InChI=1S/C23H27N5O2S/c29-21(25-18-7-6-17-13-24-27-19(17)12-18)20-14-31-22(26-20)15-8-10-28(11-9-15)23(30)16-4-2-1-3-5-16/h6-7,12-16H,1-5,8-11H2,(H,24,27)(H,25,29). The van der Waals surface area contributed by atoms with Gasteiger partial charge in [0.2, 0.25) is 5.91 Å². The minimum Gasteiger partial charge on any atom is -0.342 e. The number of nitrogens with zero attached hydrogens (tertiary/aromatic N) is 3. The summed E-state index contributed by atoms with van der Waals surface area (Å²) in [5, 5.41) is 13.7. The lowest BCUT2D eigenvalue weighted by atomic mass is 9.87. The largest absolute Gasteiger partial charge is 0.342 e. The van der Waals surface area contributed by atoms with E-state index in [0.29, 0.717) is 23.2 Å². The van der Waals surface area contributed by atoms with Crippen LogP contribution in [-0.2, 0) is 4.79 Å². The van der Waals surface area contributed by atoms with Crippen molar-refractivity contribution in [1.29, 1.82) is 0 Å². The molecule has 1 saturated heterocycles. The van der Waals surface area contributed by atoms with Crippen molar-refractivity contribution in [2.24, 2.45) is 5.92 Å². The van der Waals surface area contributed by atoms with Crippen LogP contribution in [0.25, 0.3) is 10.9 Å². The fraction of sp³-hybridized carbons (Fsp3) is 0.478. The van der Waals surface area contributed by atoms with Crippen molar-refractivity contribution >= 4 is 39.7 Å². The number of hydrogen-bond donors (Lipinski definition) is 2. The molecule has 1 aromatic carbocycles. The van der Waals surface area contributed by atoms with Gasteiger partial charge in [0.15, 0.2) is 0 Å². The summed E-state index contributed by atoms with van der Waals surface area (Å²) >= 11 is 1.55. The minimum atomic E-state index is -0.203. The van der Waals surface area contributed by atoms with Crippen molar-refractivity contribution in [2.75, 3.05) is 18.4 Å². The van der Waals surface area contributed by atoms with E-state index in [1.54, 1.807) is 17.5 Å². The van der Waals surface area contributed by atoms with Crippen molar-refractivity contribution in [1.82, 2.24) is 20.1 Å². The number of amides is 2. The average molecular weight is 438 g/mol. The monoisotopic (exact) mass is 437 g/mol. The lowest BCUT2D eigenvalue weighted by Crippen LogP contribution is -2.41. The van der Waals surface area contributed by atoms with Crippen molar-refractivity contribution < 1.29 is 9.59 Å². The molecule has 5 rings (SSSR count). The maximum Gasteiger partial charge on any atom is 0.275 e. The highest BCUT2D eigenvalue weighted by molar-refractivity contribution is 7.10. The van der Waals surface area contributed by atoms with Crippen LogP contribution in [0.4, 0.5) is 5.69 Å². The second kappa shape index (κ2) is 8.78. The molecular formula is C23H27N5O2S. The number of fused-ring (bicyclic) bond motifs is 1. The molecule has 0 bridgehead atoms. The van der Waals surface area contributed by atoms with Gasteiger partial charge in [0.05, 0.1) is 16.7 Å². The Hall–Kier alpha value is -2.74. The fourth-order valence-electron chi connectivity index (χ4n) is 4.74. The number of anilines is 1. The molecule has 162 valence electrons. The molecule has 0 spiro atoms. The van der Waals surface area contributed by atoms with Crippen LogP contribution in [0.15, 0.2) is 29.8 Å². The highest BCUT2D eigenvalue weighted by Gasteiger charge is 2.30. The second-order valence-electron chi connectivity index (χ2n) is 8.63. The van der Waals surface area contributed by atoms with E-state index in [1.807, 2.05) is 23.6 Å². The Kier molecular flexibility index (Phi) is 5.72. The molecule has 1 saturated carbocycles. The quantitative estimate of drug-likeness (QED) is 0.626. The number of benzene rings is 1. The minimum absolute atomic E-state index is 0.203. The van der Waals surface area contributed by atoms with Gasteiger partial charge in [-0.3, -0.25) is 14.7 Å². The zero-order chi connectivity index (χ0) is 21.2. The number of aromatic nitrogens is 3. The Balaban J connectivity index is 1.17. The fourth-order valence-corrected chi connectivity index (χ4v) is 5.72. The van der Waals surface area contributed by atoms with Gasteiger partial charge in [0, 0.05) is 41.4 Å². The van der Waals surface area contributed by atoms with Gasteiger partial charge in [-0.15, -0.1) is 11.3 Å². The highest BCUT2D eigenvalue weighted by atomic mass is 32.1. The zero-order valence-corrected chi connectivity index (χ0v) is 18.3. The molecule has 8 heteroatoms. The number of H-pyrrole nitrogens is 1. The first-order chi connectivity index (χ1) is 15.2. The van der Waals surface area contributed by atoms with Gasteiger partial charge in [-0.05, 0) is 43.9 Å². The van der Waals surface area contributed by atoms with E-state index < -0.39 is 0 Å². The second-order valence-corrected chi connectivity index (χ2v) is 9.52. The number of thiazole rings is 1. The molecule has 1 aliphatic carbocycles. The summed E-state index contributed by atoms with van der Waals surface area (Å²) in [6, 6.07) is 5.65. The molecule has 7 nitrogen and oxygen atoms in total. The van der Waals surface area contributed by atoms with Gasteiger partial charge in [0.25, 0.3) is 5.91 Å². The van der Waals surface area contributed by atoms with E-state index in [2.05, 4.69) is 25.4 Å². The number of nitrogens with one attached hydrogen (secondary N) is 2. The van der Waals surface area contributed by atoms with Crippen LogP contribution in [-0.4, -0.2) is 45.0 Å². The summed E-state index contributed by atoms with van der Waals surface area (Å²) in [5.74, 6) is 0.711. The predicted molar refractivity (Wildman–Crippen MR) is 121 cm³/mol. The summed E-state index contributed by atoms with van der Waals surface area (Å²) in [4.78, 5) is 32.1. The summed E-state index contributed by atoms with van der Waals surface area (Å²) in [5.41, 5.74) is 2.04. The third kappa shape index (κ3) is 4.35. The van der Waals surface area contributed by atoms with Crippen LogP contribution in [0.1, 0.15) is 66.4 Å². The topological polar surface area (TPSA) is 91.0 Å². The molecule has 2 aromatic heterocycles. The Labute approximate surface area is 185 Å². The normalized spacial score (nSPS) is 18.4. The van der Waals surface area contributed by atoms with Crippen LogP contribution in [0.2, 0.25) is 0 Å². The molecule has 3 heterocycles. The van der Waals surface area contributed by atoms with Gasteiger partial charge in [0.1, 0.15) is 5.69 Å². The van der Waals surface area contributed by atoms with Crippen molar-refractivity contribution in [2.45, 2.75) is 50.9 Å². The predicted octanol–water partition coefficient (Wildman–Crippen LogP) is 4.56. The average Bonchev–Trinajstić information content (AvgIpc) is 3.49. The maximum atomic E-state index is 12.8. The third-order valence-corrected chi connectivity index (χ3v) is 7.57. The van der Waals surface area contributed by atoms with Gasteiger partial charge in [-0.25, -0.2) is 4.98 Å². The van der Waals surface area contributed by atoms with Crippen LogP contribution in [0.3, 0.4) is 0 Å². The molecule has 2 amide bonds. The van der Waals surface area contributed by atoms with E-state index in [1.165, 1.54) is 19.3 Å². The molecule has 0 unspecified atom stereocenters. The van der Waals surface area contributed by atoms with E-state index in [4.69, 9.17) is 0 Å². The molecule has 31 heavy (non-hydrogen) atoms. The Bertz CT molecular complexity index is 1080. The lowest BCUT2D eigenvalue weighted by molar-refractivity contribution is -0.137. The molecule has 0 radical (unpaired) electrons. The summed E-state index contributed by atoms with van der Waals surface area (Å²) in [6.07, 6.45) is 9.34. The van der Waals surface area contributed by atoms with Gasteiger partial charge in [-0.1, -0.05) is 19.3 Å². The first kappa shape index (κ1) is 20.2. The van der Waals surface area contributed by atoms with Gasteiger partial charge >= 0.3 is 0 Å². The van der Waals surface area contributed by atoms with Crippen molar-refractivity contribution in [3.63, 3.8) is 0 Å². The summed E-state index contributed by atoms with van der Waals surface area (Å²) in [7, 11) is 0. The number of carbonyl (C=O) groups is 2. The molecule has 2 N–H and O–H groups in total. The van der Waals surface area contributed by atoms with E-state index >= 15 is 0 Å². The number of aromatic amines is 1. The van der Waals surface area contributed by atoms with Gasteiger partial charge in [-0.2, -0.15) is 5.10 Å². The first-order valence-corrected chi connectivity index (χ1v) is 12.0. The molecular weight excluding hydrogens is 410 g/mol. The van der Waals surface area contributed by atoms with Crippen molar-refractivity contribution in [3.05, 3.63) is 40.5 Å². The van der Waals surface area contributed by atoms with E-state index in [0.717, 1.165) is 54.7 Å². The first-order valence-electron chi connectivity index (χ1n) is 11.2. The van der Waals surface area contributed by atoms with Crippen LogP contribution >= 0.6 is 11.3 Å². The number of hydrogen-bond acceptors (Lipinski definition) is 5. The SMILES string of the molecule is O=C(Nc1ccc2cn[nH]c2c1)c1csc(C2CCN(C(=O)C3CCCCC3)CC2)n1. The Morgan fingerprint density at radius 1 is 1.10 bits per heavy atom. The number of carbonyl (C=O) groups excluding carboxylic acids is 2.